The summed E-state index contributed by atoms with van der Waals surface area (Å²) >= 11 is 3.63. The van der Waals surface area contributed by atoms with E-state index in [0.29, 0.717) is 5.78 Å². The van der Waals surface area contributed by atoms with Crippen molar-refractivity contribution in [1.29, 1.82) is 0 Å². The van der Waals surface area contributed by atoms with Gasteiger partial charge in [0.15, 0.2) is 5.78 Å². The second-order valence-corrected chi connectivity index (χ2v) is 10.9. The molecule has 2 unspecified atom stereocenters. The van der Waals surface area contributed by atoms with Crippen molar-refractivity contribution in [2.24, 2.45) is 20.8 Å². The van der Waals surface area contributed by atoms with E-state index in [1.807, 2.05) is 23.5 Å². The van der Waals surface area contributed by atoms with Crippen LogP contribution in [0.4, 0.5) is 0 Å². The van der Waals surface area contributed by atoms with E-state index in [-0.39, 0.29) is 0 Å². The maximum atomic E-state index is 14.2. The molecule has 3 nitrogen and oxygen atoms in total. The topological polar surface area (TPSA) is 41.8 Å². The molecular formula is C23H40N2OS2. The first-order chi connectivity index (χ1) is 13.5. The predicted octanol–water partition coefficient (Wildman–Crippen LogP) is 6.80. The molecule has 2 heterocycles. The van der Waals surface area contributed by atoms with E-state index in [2.05, 4.69) is 27.7 Å². The lowest BCUT2D eigenvalue weighted by Gasteiger charge is -2.38. The van der Waals surface area contributed by atoms with Gasteiger partial charge in [-0.1, -0.05) is 65.2 Å². The normalized spacial score (nSPS) is 21.1. The Morgan fingerprint density at radius 1 is 0.786 bits per heavy atom. The van der Waals surface area contributed by atoms with Gasteiger partial charge in [0.25, 0.3) is 0 Å². The highest BCUT2D eigenvalue weighted by Crippen LogP contribution is 2.45. The molecule has 2 rings (SSSR count). The zero-order valence-corrected chi connectivity index (χ0v) is 20.2. The predicted molar refractivity (Wildman–Crippen MR) is 128 cm³/mol. The van der Waals surface area contributed by atoms with Crippen molar-refractivity contribution >= 4 is 39.4 Å². The van der Waals surface area contributed by atoms with Crippen molar-refractivity contribution in [3.8, 4) is 0 Å². The van der Waals surface area contributed by atoms with Crippen molar-refractivity contribution in [2.75, 3.05) is 24.6 Å². The number of hydrogen-bond donors (Lipinski definition) is 0. The summed E-state index contributed by atoms with van der Waals surface area (Å²) in [6.45, 7) is 10.6. The summed E-state index contributed by atoms with van der Waals surface area (Å²) in [5, 5.41) is 2.19. The number of thioether (sulfide) groups is 2. The fourth-order valence-electron chi connectivity index (χ4n) is 4.39. The molecule has 2 aliphatic heterocycles. The number of carbonyl (C=O) groups is 1. The molecule has 0 radical (unpaired) electrons. The fraction of sp³-hybridized carbons (Fsp3) is 0.870. The number of Topliss-reactive ketones (excluding diaryl/α,β-unsaturated/α-hetero) is 1. The Labute approximate surface area is 181 Å². The summed E-state index contributed by atoms with van der Waals surface area (Å²) in [5.41, 5.74) is -0.889. The summed E-state index contributed by atoms with van der Waals surface area (Å²) in [4.78, 5) is 23.8. The van der Waals surface area contributed by atoms with Gasteiger partial charge in [0.05, 0.1) is 20.9 Å². The van der Waals surface area contributed by atoms with Crippen molar-refractivity contribution < 1.29 is 4.79 Å². The van der Waals surface area contributed by atoms with Gasteiger partial charge >= 0.3 is 0 Å². The Bertz CT molecular complexity index is 527. The van der Waals surface area contributed by atoms with Crippen LogP contribution in [0.5, 0.6) is 0 Å². The number of carbonyl (C=O) groups excluding carboxylic acids is 1. The van der Waals surface area contributed by atoms with Crippen LogP contribution in [-0.4, -0.2) is 40.5 Å². The maximum absolute atomic E-state index is 14.2. The quantitative estimate of drug-likeness (QED) is 0.288. The molecule has 0 fully saturated rings. The molecule has 0 aromatic heterocycles. The SMILES string of the molecule is CCCCCCC(C)(C(=O)C(C)(CCCCCC)C1=NCCS1)C1=NCCS1. The van der Waals surface area contributed by atoms with Gasteiger partial charge in [0, 0.05) is 24.6 Å². The van der Waals surface area contributed by atoms with Gasteiger partial charge in [0.2, 0.25) is 0 Å². The fourth-order valence-corrected chi connectivity index (χ4v) is 6.54. The number of unbranched alkanes of at least 4 members (excludes halogenated alkanes) is 6. The van der Waals surface area contributed by atoms with Crippen LogP contribution in [0.25, 0.3) is 0 Å². The number of rotatable bonds is 14. The van der Waals surface area contributed by atoms with Crippen molar-refractivity contribution in [3.63, 3.8) is 0 Å². The molecule has 0 aromatic rings. The average molecular weight is 425 g/mol. The van der Waals surface area contributed by atoms with E-state index in [1.54, 1.807) is 0 Å². The molecular weight excluding hydrogens is 384 g/mol. The number of aliphatic imine (C=N–C) groups is 2. The van der Waals surface area contributed by atoms with Crippen molar-refractivity contribution in [1.82, 2.24) is 0 Å². The van der Waals surface area contributed by atoms with Crippen molar-refractivity contribution in [2.45, 2.75) is 91.9 Å². The Morgan fingerprint density at radius 3 is 1.54 bits per heavy atom. The third kappa shape index (κ3) is 5.87. The molecule has 0 N–H and O–H groups in total. The molecule has 0 aliphatic carbocycles. The summed E-state index contributed by atoms with van der Waals surface area (Å²) in [5.74, 6) is 2.43. The molecule has 2 aliphatic rings. The minimum atomic E-state index is -0.444. The number of ketones is 1. The standard InChI is InChI=1S/C23H40N2OS2/c1-5-7-9-11-13-22(3,20-24-15-17-27-20)19(26)23(4,14-12-10-8-6-2)21-25-16-18-28-21/h5-18H2,1-4H3. The molecule has 0 spiro atoms. The first-order valence-corrected chi connectivity index (χ1v) is 13.4. The van der Waals surface area contributed by atoms with E-state index >= 15 is 0 Å². The molecule has 0 saturated carbocycles. The van der Waals surface area contributed by atoms with Crippen LogP contribution in [0.2, 0.25) is 0 Å². The Morgan fingerprint density at radius 2 is 1.21 bits per heavy atom. The molecule has 0 aromatic carbocycles. The van der Waals surface area contributed by atoms with E-state index in [0.717, 1.165) is 60.4 Å². The van der Waals surface area contributed by atoms with Gasteiger partial charge in [0.1, 0.15) is 0 Å². The van der Waals surface area contributed by atoms with Crippen LogP contribution in [0.1, 0.15) is 91.9 Å². The number of nitrogens with zero attached hydrogens (tertiary/aromatic N) is 2. The first-order valence-electron chi connectivity index (χ1n) is 11.4. The molecule has 160 valence electrons. The highest BCUT2D eigenvalue weighted by atomic mass is 32.2. The van der Waals surface area contributed by atoms with E-state index in [9.17, 15) is 4.79 Å². The van der Waals surface area contributed by atoms with Crippen LogP contribution >= 0.6 is 23.5 Å². The molecule has 0 saturated heterocycles. The Kier molecular flexibility index (Phi) is 10.1. The summed E-state index contributed by atoms with van der Waals surface area (Å²) in [6, 6.07) is 0. The third-order valence-electron chi connectivity index (χ3n) is 6.18. The van der Waals surface area contributed by atoms with Gasteiger partial charge in [-0.3, -0.25) is 14.8 Å². The summed E-state index contributed by atoms with van der Waals surface area (Å²) < 4.78 is 0. The summed E-state index contributed by atoms with van der Waals surface area (Å²) in [6.07, 6.45) is 11.5. The summed E-state index contributed by atoms with van der Waals surface area (Å²) in [7, 11) is 0. The third-order valence-corrected chi connectivity index (χ3v) is 8.66. The zero-order chi connectivity index (χ0) is 20.5. The lowest BCUT2D eigenvalue weighted by Crippen LogP contribution is -2.47. The largest absolute Gasteiger partial charge is 0.298 e. The Hall–Kier alpha value is -0.290. The average Bonchev–Trinajstić information content (AvgIpc) is 3.42. The van der Waals surface area contributed by atoms with Gasteiger partial charge < -0.3 is 0 Å². The van der Waals surface area contributed by atoms with E-state index in [1.165, 1.54) is 38.5 Å². The lowest BCUT2D eigenvalue weighted by molar-refractivity contribution is -0.131. The first kappa shape index (κ1) is 24.0. The van der Waals surface area contributed by atoms with Crippen LogP contribution in [0.3, 0.4) is 0 Å². The molecule has 0 bridgehead atoms. The minimum Gasteiger partial charge on any atom is -0.298 e. The van der Waals surface area contributed by atoms with Crippen LogP contribution in [0, 0.1) is 10.8 Å². The second-order valence-electron chi connectivity index (χ2n) is 8.69. The number of hydrogen-bond acceptors (Lipinski definition) is 5. The molecule has 0 amide bonds. The monoisotopic (exact) mass is 424 g/mol. The van der Waals surface area contributed by atoms with Crippen molar-refractivity contribution in [3.05, 3.63) is 0 Å². The molecule has 28 heavy (non-hydrogen) atoms. The molecule has 2 atom stereocenters. The van der Waals surface area contributed by atoms with Gasteiger partial charge in [-0.2, -0.15) is 0 Å². The highest BCUT2D eigenvalue weighted by molar-refractivity contribution is 8.14. The van der Waals surface area contributed by atoms with Gasteiger partial charge in [-0.15, -0.1) is 23.5 Å². The minimum absolute atomic E-state index is 0.384. The highest BCUT2D eigenvalue weighted by Gasteiger charge is 2.50. The van der Waals surface area contributed by atoms with E-state index in [4.69, 9.17) is 9.98 Å². The van der Waals surface area contributed by atoms with Gasteiger partial charge in [-0.25, -0.2) is 0 Å². The molecule has 5 heteroatoms. The zero-order valence-electron chi connectivity index (χ0n) is 18.5. The Balaban J connectivity index is 2.24. The van der Waals surface area contributed by atoms with Crippen LogP contribution in [0.15, 0.2) is 9.98 Å². The van der Waals surface area contributed by atoms with Crippen LogP contribution < -0.4 is 0 Å². The second kappa shape index (κ2) is 11.8. The van der Waals surface area contributed by atoms with Crippen LogP contribution in [-0.2, 0) is 4.79 Å². The van der Waals surface area contributed by atoms with E-state index < -0.39 is 10.8 Å². The smallest absolute Gasteiger partial charge is 0.157 e. The maximum Gasteiger partial charge on any atom is 0.157 e. The lowest BCUT2D eigenvalue weighted by atomic mass is 9.67. The van der Waals surface area contributed by atoms with Gasteiger partial charge in [-0.05, 0) is 26.7 Å².